The summed E-state index contributed by atoms with van der Waals surface area (Å²) >= 11 is 0. The highest BCUT2D eigenvalue weighted by atomic mass is 16.7. The Kier molecular flexibility index (Phi) is 5.11. The lowest BCUT2D eigenvalue weighted by molar-refractivity contribution is -0.485. The van der Waals surface area contributed by atoms with Gasteiger partial charge in [-0.15, -0.1) is 0 Å². The number of rotatable bonds is 5. The number of benzene rings is 1. The first-order valence-corrected chi connectivity index (χ1v) is 5.54. The van der Waals surface area contributed by atoms with Gasteiger partial charge in [-0.05, 0) is 6.07 Å². The van der Waals surface area contributed by atoms with Crippen LogP contribution in [0.4, 0.5) is 11.4 Å². The Bertz CT molecular complexity index is 611. The first kappa shape index (κ1) is 15.8. The van der Waals surface area contributed by atoms with Crippen molar-refractivity contribution in [1.82, 2.24) is 5.43 Å². The molecule has 112 valence electrons. The fourth-order valence-corrected chi connectivity index (χ4v) is 1.43. The molecule has 0 heterocycles. The first-order valence-electron chi connectivity index (χ1n) is 5.54. The molecule has 0 aliphatic carbocycles. The summed E-state index contributed by atoms with van der Waals surface area (Å²) in [4.78, 5) is 22.1. The van der Waals surface area contributed by atoms with Crippen LogP contribution in [0.25, 0.3) is 0 Å². The topological polar surface area (TPSA) is 152 Å². The Labute approximate surface area is 119 Å². The number of nitrogens with one attached hydrogen (secondary N) is 1. The van der Waals surface area contributed by atoms with E-state index in [1.165, 1.54) is 12.3 Å². The second-order valence-electron chi connectivity index (χ2n) is 3.99. The van der Waals surface area contributed by atoms with Crippen molar-refractivity contribution in [2.45, 2.75) is 0 Å². The number of nitro benzene ring substituents is 1. The monoisotopic (exact) mass is 295 g/mol. The molecule has 0 saturated heterocycles. The predicted molar refractivity (Wildman–Crippen MR) is 76.8 cm³/mol. The van der Waals surface area contributed by atoms with E-state index in [9.17, 15) is 20.2 Å². The zero-order valence-electron chi connectivity index (χ0n) is 11.3. The molecule has 0 aromatic heterocycles. The standard InChI is InChI=1S/C10H13N7O4/c1-15(2)8-4-3-7(5-9(8)16(18)19)6-12-13-10(11)14-17(20)21/h3-6H,1-2H3,(H3,11,13,14)/b12-6-. The van der Waals surface area contributed by atoms with Gasteiger partial charge >= 0.3 is 0 Å². The van der Waals surface area contributed by atoms with Crippen molar-refractivity contribution in [3.63, 3.8) is 0 Å². The summed E-state index contributed by atoms with van der Waals surface area (Å²) < 4.78 is 0. The summed E-state index contributed by atoms with van der Waals surface area (Å²) in [7, 11) is 3.37. The average Bonchev–Trinajstić information content (AvgIpc) is 2.37. The largest absolute Gasteiger partial charge is 0.372 e. The number of guanidine groups is 1. The normalized spacial score (nSPS) is 11.4. The third-order valence-electron chi connectivity index (χ3n) is 2.26. The smallest absolute Gasteiger partial charge is 0.293 e. The van der Waals surface area contributed by atoms with Crippen LogP contribution < -0.4 is 16.1 Å². The van der Waals surface area contributed by atoms with Crippen molar-refractivity contribution in [1.29, 1.82) is 0 Å². The Morgan fingerprint density at radius 3 is 2.57 bits per heavy atom. The van der Waals surface area contributed by atoms with Crippen LogP contribution >= 0.6 is 0 Å². The van der Waals surface area contributed by atoms with Crippen LogP contribution in [0, 0.1) is 20.2 Å². The molecule has 0 fully saturated rings. The molecule has 0 spiro atoms. The molecule has 0 aliphatic rings. The number of nitro groups is 2. The number of nitrogens with two attached hydrogens (primary N) is 1. The van der Waals surface area contributed by atoms with Gasteiger partial charge in [-0.25, -0.2) is 15.5 Å². The Hall–Kier alpha value is -3.24. The van der Waals surface area contributed by atoms with E-state index in [-0.39, 0.29) is 5.69 Å². The average molecular weight is 295 g/mol. The first-order chi connectivity index (χ1) is 9.81. The van der Waals surface area contributed by atoms with E-state index >= 15 is 0 Å². The minimum Gasteiger partial charge on any atom is -0.372 e. The van der Waals surface area contributed by atoms with Gasteiger partial charge in [-0.2, -0.15) is 5.10 Å². The van der Waals surface area contributed by atoms with Gasteiger partial charge in [0.25, 0.3) is 11.6 Å². The molecule has 3 N–H and O–H groups in total. The van der Waals surface area contributed by atoms with Gasteiger partial charge < -0.3 is 10.6 Å². The summed E-state index contributed by atoms with van der Waals surface area (Å²) in [6.07, 6.45) is 1.23. The van der Waals surface area contributed by atoms with Crippen LogP contribution in [-0.2, 0) is 0 Å². The molecule has 0 aliphatic heterocycles. The second-order valence-corrected chi connectivity index (χ2v) is 3.99. The zero-order valence-corrected chi connectivity index (χ0v) is 11.3. The lowest BCUT2D eigenvalue weighted by atomic mass is 10.2. The summed E-state index contributed by atoms with van der Waals surface area (Å²) in [5.41, 5.74) is 8.05. The molecule has 1 aromatic carbocycles. The van der Waals surface area contributed by atoms with Gasteiger partial charge in [0.1, 0.15) is 10.8 Å². The predicted octanol–water partition coefficient (Wildman–Crippen LogP) is 0.0907. The van der Waals surface area contributed by atoms with E-state index in [0.29, 0.717) is 11.3 Å². The van der Waals surface area contributed by atoms with Crippen molar-refractivity contribution in [2.75, 3.05) is 19.0 Å². The maximum absolute atomic E-state index is 11.0. The molecule has 0 atom stereocenters. The Morgan fingerprint density at radius 1 is 1.38 bits per heavy atom. The molecule has 0 saturated carbocycles. The molecular formula is C10H13N7O4. The van der Waals surface area contributed by atoms with Crippen molar-refractivity contribution in [2.24, 2.45) is 15.9 Å². The quantitative estimate of drug-likeness (QED) is 0.338. The van der Waals surface area contributed by atoms with E-state index < -0.39 is 15.9 Å². The van der Waals surface area contributed by atoms with E-state index in [4.69, 9.17) is 5.73 Å². The summed E-state index contributed by atoms with van der Waals surface area (Å²) in [6.45, 7) is 0. The van der Waals surface area contributed by atoms with E-state index in [1.54, 1.807) is 31.1 Å². The summed E-state index contributed by atoms with van der Waals surface area (Å²) in [5, 5.41) is 26.4. The SMILES string of the molecule is CN(C)c1ccc(/C=N\N/C(N)=N\[N+](=O)[O-])cc1[N+](=O)[O-]. The van der Waals surface area contributed by atoms with Crippen LogP contribution in [-0.4, -0.2) is 36.2 Å². The van der Waals surface area contributed by atoms with Crippen molar-refractivity contribution in [3.05, 3.63) is 44.0 Å². The van der Waals surface area contributed by atoms with Crippen molar-refractivity contribution in [3.8, 4) is 0 Å². The molecule has 1 aromatic rings. The fourth-order valence-electron chi connectivity index (χ4n) is 1.43. The molecule has 21 heavy (non-hydrogen) atoms. The van der Waals surface area contributed by atoms with Crippen LogP contribution in [0.1, 0.15) is 5.56 Å². The maximum Gasteiger partial charge on any atom is 0.293 e. The highest BCUT2D eigenvalue weighted by molar-refractivity contribution is 5.85. The molecule has 0 bridgehead atoms. The molecule has 0 amide bonds. The molecule has 11 heteroatoms. The van der Waals surface area contributed by atoms with Gasteiger partial charge in [0.05, 0.1) is 11.1 Å². The fraction of sp³-hybridized carbons (Fsp3) is 0.200. The molecular weight excluding hydrogens is 282 g/mol. The highest BCUT2D eigenvalue weighted by Crippen LogP contribution is 2.26. The number of hydrogen-bond donors (Lipinski definition) is 2. The number of nitrogens with zero attached hydrogens (tertiary/aromatic N) is 5. The number of hydrogen-bond acceptors (Lipinski definition) is 6. The summed E-state index contributed by atoms with van der Waals surface area (Å²) in [5.74, 6) is -0.504. The van der Waals surface area contributed by atoms with Crippen LogP contribution in [0.5, 0.6) is 0 Å². The van der Waals surface area contributed by atoms with Crippen LogP contribution in [0.15, 0.2) is 28.4 Å². The lowest BCUT2D eigenvalue weighted by Crippen LogP contribution is -2.28. The Balaban J connectivity index is 2.93. The van der Waals surface area contributed by atoms with Gasteiger partial charge in [0.2, 0.25) is 0 Å². The maximum atomic E-state index is 11.0. The molecule has 0 radical (unpaired) electrons. The van der Waals surface area contributed by atoms with Crippen molar-refractivity contribution >= 4 is 23.5 Å². The molecule has 0 unspecified atom stereocenters. The van der Waals surface area contributed by atoms with Crippen LogP contribution in [0.3, 0.4) is 0 Å². The number of anilines is 1. The van der Waals surface area contributed by atoms with E-state index in [2.05, 4.69) is 15.6 Å². The highest BCUT2D eigenvalue weighted by Gasteiger charge is 2.15. The van der Waals surface area contributed by atoms with Crippen LogP contribution in [0.2, 0.25) is 0 Å². The van der Waals surface area contributed by atoms with E-state index in [1.807, 2.05) is 0 Å². The molecule has 1 rings (SSSR count). The van der Waals surface area contributed by atoms with Gasteiger partial charge in [-0.3, -0.25) is 10.1 Å². The van der Waals surface area contributed by atoms with Gasteiger partial charge in [0.15, 0.2) is 5.03 Å². The second kappa shape index (κ2) is 6.79. The third kappa shape index (κ3) is 4.74. The van der Waals surface area contributed by atoms with Gasteiger partial charge in [0, 0.05) is 25.7 Å². The minimum absolute atomic E-state index is 0.0871. The zero-order chi connectivity index (χ0) is 16.0. The lowest BCUT2D eigenvalue weighted by Gasteiger charge is -2.12. The minimum atomic E-state index is -0.978. The molecule has 11 nitrogen and oxygen atoms in total. The Morgan fingerprint density at radius 2 is 2.05 bits per heavy atom. The summed E-state index contributed by atoms with van der Waals surface area (Å²) in [6, 6.07) is 4.49. The van der Waals surface area contributed by atoms with Gasteiger partial charge in [-0.1, -0.05) is 6.07 Å². The number of hydrazone groups is 2. The van der Waals surface area contributed by atoms with E-state index in [0.717, 1.165) is 0 Å². The third-order valence-corrected chi connectivity index (χ3v) is 2.26. The van der Waals surface area contributed by atoms with Crippen molar-refractivity contribution < 1.29 is 9.96 Å².